The highest BCUT2D eigenvalue weighted by Crippen LogP contribution is 2.21. The molecule has 0 saturated carbocycles. The molecule has 0 heterocycles. The summed E-state index contributed by atoms with van der Waals surface area (Å²) in [5.74, 6) is -0.923. The standard InChI is InChI=1S/C11H15N3O4/c1-6(4-10(12)14-18)13-11(17)8-5-7(15)2-3-9(8)16/h2-3,5-6,15-16,18H,4H2,1H3,(H2,12,14)(H,13,17). The molecule has 18 heavy (non-hydrogen) atoms. The summed E-state index contributed by atoms with van der Waals surface area (Å²) in [5, 5.41) is 32.5. The zero-order valence-electron chi connectivity index (χ0n) is 9.79. The Morgan fingerprint density at radius 1 is 1.50 bits per heavy atom. The number of aromatic hydroxyl groups is 2. The summed E-state index contributed by atoms with van der Waals surface area (Å²) in [5.41, 5.74) is 5.26. The van der Waals surface area contributed by atoms with Gasteiger partial charge >= 0.3 is 0 Å². The number of benzene rings is 1. The van der Waals surface area contributed by atoms with E-state index in [2.05, 4.69) is 10.5 Å². The van der Waals surface area contributed by atoms with Gasteiger partial charge in [-0.3, -0.25) is 4.79 Å². The number of nitrogens with one attached hydrogen (secondary N) is 1. The fraction of sp³-hybridized carbons (Fsp3) is 0.273. The third kappa shape index (κ3) is 3.55. The normalized spacial score (nSPS) is 13.1. The summed E-state index contributed by atoms with van der Waals surface area (Å²) in [4.78, 5) is 11.8. The number of amidine groups is 1. The monoisotopic (exact) mass is 253 g/mol. The molecule has 1 unspecified atom stereocenters. The topological polar surface area (TPSA) is 128 Å². The van der Waals surface area contributed by atoms with Crippen molar-refractivity contribution in [2.45, 2.75) is 19.4 Å². The van der Waals surface area contributed by atoms with Crippen molar-refractivity contribution in [1.82, 2.24) is 5.32 Å². The number of nitrogens with zero attached hydrogens (tertiary/aromatic N) is 1. The maximum Gasteiger partial charge on any atom is 0.255 e. The van der Waals surface area contributed by atoms with Gasteiger partial charge in [-0.25, -0.2) is 0 Å². The van der Waals surface area contributed by atoms with Crippen molar-refractivity contribution in [2.75, 3.05) is 0 Å². The molecule has 1 atom stereocenters. The molecule has 1 rings (SSSR count). The van der Waals surface area contributed by atoms with Gasteiger partial charge in [-0.1, -0.05) is 5.16 Å². The number of rotatable bonds is 4. The van der Waals surface area contributed by atoms with Gasteiger partial charge in [0.25, 0.3) is 5.91 Å². The number of nitrogens with two attached hydrogens (primary N) is 1. The molecule has 1 aromatic rings. The second-order valence-electron chi connectivity index (χ2n) is 3.87. The van der Waals surface area contributed by atoms with Gasteiger partial charge < -0.3 is 26.5 Å². The molecule has 7 nitrogen and oxygen atoms in total. The first kappa shape index (κ1) is 13.6. The van der Waals surface area contributed by atoms with Gasteiger partial charge in [-0.05, 0) is 25.1 Å². The number of carbonyl (C=O) groups is 1. The van der Waals surface area contributed by atoms with Crippen LogP contribution < -0.4 is 11.1 Å². The highest BCUT2D eigenvalue weighted by Gasteiger charge is 2.15. The summed E-state index contributed by atoms with van der Waals surface area (Å²) >= 11 is 0. The van der Waals surface area contributed by atoms with Crippen molar-refractivity contribution < 1.29 is 20.2 Å². The van der Waals surface area contributed by atoms with Crippen LogP contribution >= 0.6 is 0 Å². The molecule has 0 bridgehead atoms. The van der Waals surface area contributed by atoms with Gasteiger partial charge in [0, 0.05) is 12.5 Å². The Kier molecular flexibility index (Phi) is 4.36. The van der Waals surface area contributed by atoms with Crippen molar-refractivity contribution in [3.8, 4) is 11.5 Å². The summed E-state index contributed by atoms with van der Waals surface area (Å²) in [6, 6.07) is 3.26. The van der Waals surface area contributed by atoms with Crippen molar-refractivity contribution in [3.63, 3.8) is 0 Å². The van der Waals surface area contributed by atoms with Crippen molar-refractivity contribution >= 4 is 11.7 Å². The second kappa shape index (κ2) is 5.76. The van der Waals surface area contributed by atoms with Gasteiger partial charge in [0.15, 0.2) is 0 Å². The Labute approximate surface area is 104 Å². The summed E-state index contributed by atoms with van der Waals surface area (Å²) in [6.07, 6.45) is 0.168. The zero-order chi connectivity index (χ0) is 13.7. The van der Waals surface area contributed by atoms with E-state index in [4.69, 9.17) is 10.9 Å². The molecule has 6 N–H and O–H groups in total. The first-order valence-electron chi connectivity index (χ1n) is 5.23. The Morgan fingerprint density at radius 3 is 2.78 bits per heavy atom. The average molecular weight is 253 g/mol. The van der Waals surface area contributed by atoms with Crippen molar-refractivity contribution in [3.05, 3.63) is 23.8 Å². The van der Waals surface area contributed by atoms with E-state index in [-0.39, 0.29) is 35.4 Å². The molecule has 0 aliphatic carbocycles. The SMILES string of the molecule is CC(C/C(N)=N/O)NC(=O)c1cc(O)ccc1O. The van der Waals surface area contributed by atoms with Crippen molar-refractivity contribution in [1.29, 1.82) is 0 Å². The van der Waals surface area contributed by atoms with Crippen LogP contribution in [0.15, 0.2) is 23.4 Å². The highest BCUT2D eigenvalue weighted by atomic mass is 16.4. The minimum atomic E-state index is -0.554. The third-order valence-corrected chi connectivity index (χ3v) is 2.25. The Hall–Kier alpha value is -2.44. The Bertz CT molecular complexity index is 473. The number of carbonyl (C=O) groups excluding carboxylic acids is 1. The summed E-state index contributed by atoms with van der Waals surface area (Å²) in [6.45, 7) is 1.66. The summed E-state index contributed by atoms with van der Waals surface area (Å²) in [7, 11) is 0. The maximum absolute atomic E-state index is 11.8. The van der Waals surface area contributed by atoms with Crippen LogP contribution in [0.25, 0.3) is 0 Å². The lowest BCUT2D eigenvalue weighted by molar-refractivity contribution is 0.0938. The number of hydrogen-bond acceptors (Lipinski definition) is 5. The fourth-order valence-corrected chi connectivity index (χ4v) is 1.41. The molecule has 0 aromatic heterocycles. The molecule has 0 radical (unpaired) electrons. The molecular formula is C11H15N3O4. The van der Waals surface area contributed by atoms with Gasteiger partial charge in [0.1, 0.15) is 17.3 Å². The largest absolute Gasteiger partial charge is 0.508 e. The molecule has 1 amide bonds. The fourth-order valence-electron chi connectivity index (χ4n) is 1.41. The zero-order valence-corrected chi connectivity index (χ0v) is 9.79. The van der Waals surface area contributed by atoms with Crippen LogP contribution in [0.1, 0.15) is 23.7 Å². The molecule has 0 aliphatic rings. The molecule has 0 fully saturated rings. The Morgan fingerprint density at radius 2 is 2.17 bits per heavy atom. The van der Waals surface area contributed by atoms with E-state index >= 15 is 0 Å². The maximum atomic E-state index is 11.8. The Balaban J connectivity index is 2.73. The number of phenolic OH excluding ortho intramolecular Hbond substituents is 2. The van der Waals surface area contributed by atoms with E-state index < -0.39 is 5.91 Å². The molecular weight excluding hydrogens is 238 g/mol. The second-order valence-corrected chi connectivity index (χ2v) is 3.87. The van der Waals surface area contributed by atoms with E-state index in [1.807, 2.05) is 0 Å². The van der Waals surface area contributed by atoms with Crippen LogP contribution in [0.5, 0.6) is 11.5 Å². The molecule has 0 spiro atoms. The van der Waals surface area contributed by atoms with Crippen LogP contribution in [0, 0.1) is 0 Å². The molecule has 0 saturated heterocycles. The lowest BCUT2D eigenvalue weighted by atomic mass is 10.1. The van der Waals surface area contributed by atoms with Gasteiger partial charge in [-0.15, -0.1) is 0 Å². The predicted molar refractivity (Wildman–Crippen MR) is 64.7 cm³/mol. The average Bonchev–Trinajstić information content (AvgIpc) is 2.31. The highest BCUT2D eigenvalue weighted by molar-refractivity contribution is 5.97. The lowest BCUT2D eigenvalue weighted by Crippen LogP contribution is -2.35. The van der Waals surface area contributed by atoms with E-state index in [9.17, 15) is 15.0 Å². The van der Waals surface area contributed by atoms with Crippen LogP contribution in [-0.4, -0.2) is 33.2 Å². The molecule has 7 heteroatoms. The van der Waals surface area contributed by atoms with Crippen LogP contribution in [0.3, 0.4) is 0 Å². The minimum absolute atomic E-state index is 0.0112. The lowest BCUT2D eigenvalue weighted by Gasteiger charge is -2.13. The quantitative estimate of drug-likeness (QED) is 0.174. The molecule has 98 valence electrons. The van der Waals surface area contributed by atoms with Crippen LogP contribution in [-0.2, 0) is 0 Å². The molecule has 1 aromatic carbocycles. The number of oxime groups is 1. The smallest absolute Gasteiger partial charge is 0.255 e. The minimum Gasteiger partial charge on any atom is -0.508 e. The van der Waals surface area contributed by atoms with Gasteiger partial charge in [-0.2, -0.15) is 0 Å². The predicted octanol–water partition coefficient (Wildman–Crippen LogP) is 0.353. The van der Waals surface area contributed by atoms with E-state index in [1.165, 1.54) is 12.1 Å². The number of phenols is 2. The first-order chi connectivity index (χ1) is 8.43. The van der Waals surface area contributed by atoms with Crippen molar-refractivity contribution in [2.24, 2.45) is 10.9 Å². The van der Waals surface area contributed by atoms with Gasteiger partial charge in [0.2, 0.25) is 0 Å². The van der Waals surface area contributed by atoms with Crippen LogP contribution in [0.2, 0.25) is 0 Å². The van der Waals surface area contributed by atoms with E-state index in [0.29, 0.717) is 0 Å². The number of amides is 1. The van der Waals surface area contributed by atoms with E-state index in [1.54, 1.807) is 6.92 Å². The first-order valence-corrected chi connectivity index (χ1v) is 5.23. The van der Waals surface area contributed by atoms with Crippen LogP contribution in [0.4, 0.5) is 0 Å². The van der Waals surface area contributed by atoms with Gasteiger partial charge in [0.05, 0.1) is 5.56 Å². The summed E-state index contributed by atoms with van der Waals surface area (Å²) < 4.78 is 0. The van der Waals surface area contributed by atoms with E-state index in [0.717, 1.165) is 6.07 Å². The molecule has 0 aliphatic heterocycles. The number of hydrogen-bond donors (Lipinski definition) is 5. The third-order valence-electron chi connectivity index (χ3n) is 2.25.